The highest BCUT2D eigenvalue weighted by Gasteiger charge is 2.25. The molecule has 4 heterocycles. The Morgan fingerprint density at radius 3 is 2.49 bits per heavy atom. The van der Waals surface area contributed by atoms with Crippen LogP contribution < -0.4 is 24.2 Å². The van der Waals surface area contributed by atoms with Crippen molar-refractivity contribution in [1.29, 1.82) is 0 Å². The predicted octanol–water partition coefficient (Wildman–Crippen LogP) is 2.95. The van der Waals surface area contributed by atoms with Gasteiger partial charge in [-0.2, -0.15) is 0 Å². The van der Waals surface area contributed by atoms with Gasteiger partial charge in [0.1, 0.15) is 31.4 Å². The second-order valence-corrected chi connectivity index (χ2v) is 13.3. The quantitative estimate of drug-likeness (QED) is 0.259. The van der Waals surface area contributed by atoms with E-state index in [0.717, 1.165) is 50.6 Å². The van der Waals surface area contributed by atoms with Crippen molar-refractivity contribution in [3.8, 4) is 0 Å². The smallest absolute Gasteiger partial charge is 0.271 e. The van der Waals surface area contributed by atoms with Gasteiger partial charge in [-0.25, -0.2) is 13.0 Å². The average Bonchev–Trinajstić information content (AvgIpc) is 3.65. The predicted molar refractivity (Wildman–Crippen MR) is 161 cm³/mol. The normalized spacial score (nSPS) is 18.3. The molecule has 11 heteroatoms. The molecule has 0 amide bonds. The van der Waals surface area contributed by atoms with Crippen LogP contribution in [0.2, 0.25) is 0 Å². The number of aryl methyl sites for hydroxylation is 2. The zero-order valence-corrected chi connectivity index (χ0v) is 25.5. The average molecular weight is 610 g/mol. The first-order valence-corrected chi connectivity index (χ1v) is 16.2. The molecule has 2 aromatic heterocycles. The van der Waals surface area contributed by atoms with E-state index in [-0.39, 0.29) is 16.6 Å². The number of hydrogen-bond donors (Lipinski definition) is 0. The van der Waals surface area contributed by atoms with E-state index in [1.54, 1.807) is 35.2 Å². The SMILES string of the molecule is CN1C(=c2sc(=Cc3cccc[n+]3C)n(CC3CCCO3)c2=O)Sc2ccccc21.Cc1ccc(S(=O)(=O)[O-])cc1. The summed E-state index contributed by atoms with van der Waals surface area (Å²) in [5.41, 5.74) is 3.21. The largest absolute Gasteiger partial charge is 0.744 e. The van der Waals surface area contributed by atoms with Crippen LogP contribution >= 0.6 is 23.1 Å². The van der Waals surface area contributed by atoms with Gasteiger partial charge in [-0.1, -0.05) is 41.6 Å². The van der Waals surface area contributed by atoms with Crippen molar-refractivity contribution in [2.75, 3.05) is 18.6 Å². The lowest BCUT2D eigenvalue weighted by Gasteiger charge is -2.12. The molecule has 0 saturated carbocycles. The van der Waals surface area contributed by atoms with Crippen molar-refractivity contribution in [3.05, 3.63) is 104 Å². The van der Waals surface area contributed by atoms with Crippen LogP contribution in [0, 0.1) is 6.92 Å². The highest BCUT2D eigenvalue weighted by molar-refractivity contribution is 8.08. The number of fused-ring (bicyclic) bond motifs is 1. The lowest BCUT2D eigenvalue weighted by molar-refractivity contribution is -0.673. The summed E-state index contributed by atoms with van der Waals surface area (Å²) in [7, 11) is -0.207. The van der Waals surface area contributed by atoms with Crippen LogP contribution in [0.3, 0.4) is 0 Å². The van der Waals surface area contributed by atoms with E-state index in [1.165, 1.54) is 17.0 Å². The van der Waals surface area contributed by atoms with Crippen molar-refractivity contribution in [2.24, 2.45) is 7.05 Å². The van der Waals surface area contributed by atoms with Gasteiger partial charge in [0.15, 0.2) is 6.20 Å². The first kappa shape index (κ1) is 29.3. The Morgan fingerprint density at radius 2 is 1.83 bits per heavy atom. The second kappa shape index (κ2) is 12.3. The Kier molecular flexibility index (Phi) is 8.81. The summed E-state index contributed by atoms with van der Waals surface area (Å²) in [6.07, 6.45) is 6.31. The molecule has 1 atom stereocenters. The number of aromatic nitrogens is 2. The number of anilines is 1. The van der Waals surface area contributed by atoms with Gasteiger partial charge in [-0.15, -0.1) is 11.3 Å². The lowest BCUT2D eigenvalue weighted by Crippen LogP contribution is -2.37. The molecule has 1 unspecified atom stereocenters. The minimum absolute atomic E-state index is 0.0718. The number of ether oxygens (including phenoxy) is 1. The summed E-state index contributed by atoms with van der Waals surface area (Å²) in [5.74, 6) is 0. The van der Waals surface area contributed by atoms with Gasteiger partial charge in [0.05, 0.1) is 23.2 Å². The van der Waals surface area contributed by atoms with E-state index in [0.29, 0.717) is 6.54 Å². The number of pyridine rings is 1. The van der Waals surface area contributed by atoms with Crippen LogP contribution in [0.4, 0.5) is 5.69 Å². The molecule has 8 nitrogen and oxygen atoms in total. The molecule has 214 valence electrons. The molecule has 6 rings (SSSR count). The van der Waals surface area contributed by atoms with Crippen LogP contribution in [-0.4, -0.2) is 37.3 Å². The molecule has 2 aliphatic rings. The molecule has 0 spiro atoms. The van der Waals surface area contributed by atoms with E-state index >= 15 is 0 Å². The highest BCUT2D eigenvalue weighted by atomic mass is 32.2. The lowest BCUT2D eigenvalue weighted by atomic mass is 10.2. The van der Waals surface area contributed by atoms with Gasteiger partial charge in [0, 0.05) is 36.8 Å². The monoisotopic (exact) mass is 609 g/mol. The Morgan fingerprint density at radius 1 is 1.10 bits per heavy atom. The molecular weight excluding hydrogens is 579 g/mol. The van der Waals surface area contributed by atoms with Gasteiger partial charge in [0.2, 0.25) is 5.69 Å². The van der Waals surface area contributed by atoms with Crippen LogP contribution in [-0.2, 0) is 28.4 Å². The molecule has 41 heavy (non-hydrogen) atoms. The maximum atomic E-state index is 13.6. The topological polar surface area (TPSA) is 95.6 Å². The van der Waals surface area contributed by atoms with Gasteiger partial charge >= 0.3 is 0 Å². The summed E-state index contributed by atoms with van der Waals surface area (Å²) in [6.45, 7) is 3.21. The Labute approximate surface area is 247 Å². The van der Waals surface area contributed by atoms with Crippen molar-refractivity contribution in [2.45, 2.75) is 42.2 Å². The fraction of sp³-hybridized carbons (Fsp3) is 0.267. The molecule has 0 radical (unpaired) electrons. The summed E-state index contributed by atoms with van der Waals surface area (Å²) >= 11 is 3.25. The third-order valence-corrected chi connectivity index (χ3v) is 10.3. The Hall–Kier alpha value is -3.22. The number of rotatable bonds is 4. The maximum Gasteiger partial charge on any atom is 0.271 e. The van der Waals surface area contributed by atoms with Crippen LogP contribution in [0.15, 0.2) is 87.5 Å². The van der Waals surface area contributed by atoms with Crippen LogP contribution in [0.1, 0.15) is 24.1 Å². The molecule has 0 aliphatic carbocycles. The second-order valence-electron chi connectivity index (χ2n) is 9.90. The number of thiazole rings is 1. The summed E-state index contributed by atoms with van der Waals surface area (Å²) in [5, 5.41) is 1.00. The molecular formula is C30H31N3O5S3. The molecule has 0 bridgehead atoms. The van der Waals surface area contributed by atoms with E-state index in [2.05, 4.69) is 33.7 Å². The van der Waals surface area contributed by atoms with E-state index in [4.69, 9.17) is 4.74 Å². The van der Waals surface area contributed by atoms with Crippen molar-refractivity contribution in [1.82, 2.24) is 4.57 Å². The first-order chi connectivity index (χ1) is 19.6. The number of hydrogen-bond acceptors (Lipinski definition) is 8. The maximum absolute atomic E-state index is 13.6. The molecule has 4 aromatic rings. The third-order valence-electron chi connectivity index (χ3n) is 6.93. The summed E-state index contributed by atoms with van der Waals surface area (Å²) in [6, 6.07) is 20.2. The van der Waals surface area contributed by atoms with Crippen molar-refractivity contribution < 1.29 is 22.3 Å². The van der Waals surface area contributed by atoms with Gasteiger partial charge < -0.3 is 14.2 Å². The number of nitrogens with zero attached hydrogens (tertiary/aromatic N) is 3. The number of thioether (sulfide) groups is 1. The van der Waals surface area contributed by atoms with Crippen LogP contribution in [0.25, 0.3) is 11.1 Å². The first-order valence-electron chi connectivity index (χ1n) is 13.2. The number of para-hydroxylation sites is 1. The zero-order valence-electron chi connectivity index (χ0n) is 23.0. The summed E-state index contributed by atoms with van der Waals surface area (Å²) < 4.78 is 42.8. The molecule has 2 aromatic carbocycles. The molecule has 1 saturated heterocycles. The van der Waals surface area contributed by atoms with E-state index in [1.807, 2.05) is 56.0 Å². The van der Waals surface area contributed by atoms with E-state index < -0.39 is 10.1 Å². The van der Waals surface area contributed by atoms with Crippen molar-refractivity contribution in [3.63, 3.8) is 0 Å². The van der Waals surface area contributed by atoms with Gasteiger partial charge in [-0.3, -0.25) is 9.36 Å². The van der Waals surface area contributed by atoms with Gasteiger partial charge in [-0.05, 0) is 50.1 Å². The molecule has 2 aliphatic heterocycles. The highest BCUT2D eigenvalue weighted by Crippen LogP contribution is 2.44. The minimum Gasteiger partial charge on any atom is -0.744 e. The molecule has 1 fully saturated rings. The third kappa shape index (κ3) is 6.65. The van der Waals surface area contributed by atoms with E-state index in [9.17, 15) is 17.8 Å². The molecule has 0 N–H and O–H groups in total. The minimum atomic E-state index is -4.27. The number of benzene rings is 2. The fourth-order valence-electron chi connectivity index (χ4n) is 4.65. The zero-order chi connectivity index (χ0) is 29.1. The van der Waals surface area contributed by atoms with Crippen molar-refractivity contribution >= 4 is 50.0 Å². The van der Waals surface area contributed by atoms with Crippen LogP contribution in [0.5, 0.6) is 0 Å². The standard InChI is InChI=1S/C23H24N3O2S2.C7H8O3S/c1-24-12-6-5-8-16(24)14-20-26(15-17-9-7-13-28-17)22(27)21(30-20)23-25(2)18-10-3-4-11-19(18)29-23;1-6-2-4-7(5-3-6)11(8,9)10/h3-6,8,10-12,14,17H,7,9,13,15H2,1-2H3;2-5H,1H3,(H,8,9,10)/q+1;/p-1. The Balaban J connectivity index is 0.000000259. The summed E-state index contributed by atoms with van der Waals surface area (Å²) in [4.78, 5) is 16.7. The van der Waals surface area contributed by atoms with Gasteiger partial charge in [0.25, 0.3) is 5.56 Å². The Bertz CT molecular complexity index is 1840. The fourth-order valence-corrected chi connectivity index (χ4v) is 7.53.